The Morgan fingerprint density at radius 2 is 1.27 bits per heavy atom. The number of benzene rings is 3. The van der Waals surface area contributed by atoms with Crippen molar-refractivity contribution in [3.63, 3.8) is 0 Å². The molecule has 0 spiro atoms. The van der Waals surface area contributed by atoms with Crippen LogP contribution in [0.2, 0.25) is 0 Å². The number of carbonyl (C=O) groups excluding carboxylic acids is 4. The fourth-order valence-electron chi connectivity index (χ4n) is 3.78. The lowest BCUT2D eigenvalue weighted by Crippen LogP contribution is -2.53. The fourth-order valence-corrected chi connectivity index (χ4v) is 3.78. The zero-order valence-electron chi connectivity index (χ0n) is 22.3. The van der Waals surface area contributed by atoms with Gasteiger partial charge < -0.3 is 29.6 Å². The molecule has 0 aromatic heterocycles. The third kappa shape index (κ3) is 9.46. The number of esters is 2. The molecule has 3 rings (SSSR count). The molecular formula is C30H32N2O8. The van der Waals surface area contributed by atoms with Crippen molar-refractivity contribution in [3.05, 3.63) is 102 Å². The van der Waals surface area contributed by atoms with Gasteiger partial charge in [0.2, 0.25) is 5.91 Å². The molecule has 3 aromatic rings. The molecule has 2 amide bonds. The highest BCUT2D eigenvalue weighted by Gasteiger charge is 2.30. The van der Waals surface area contributed by atoms with E-state index >= 15 is 0 Å². The molecular weight excluding hydrogens is 516 g/mol. The van der Waals surface area contributed by atoms with Gasteiger partial charge in [-0.2, -0.15) is 0 Å². The second kappa shape index (κ2) is 15.5. The molecule has 0 aliphatic rings. The molecule has 0 aliphatic carbocycles. The van der Waals surface area contributed by atoms with Crippen molar-refractivity contribution in [1.29, 1.82) is 0 Å². The number of rotatable bonds is 13. The van der Waals surface area contributed by atoms with Gasteiger partial charge in [0.1, 0.15) is 31.0 Å². The molecule has 0 bridgehead atoms. The molecule has 0 heterocycles. The van der Waals surface area contributed by atoms with Gasteiger partial charge in [-0.15, -0.1) is 0 Å². The first-order valence-corrected chi connectivity index (χ1v) is 12.6. The van der Waals surface area contributed by atoms with Gasteiger partial charge in [-0.25, -0.2) is 9.59 Å². The van der Waals surface area contributed by atoms with E-state index in [9.17, 15) is 19.2 Å². The summed E-state index contributed by atoms with van der Waals surface area (Å²) in [7, 11) is 2.69. The fraction of sp³-hybridized carbons (Fsp3) is 0.267. The molecule has 10 heteroatoms. The molecule has 0 fully saturated rings. The van der Waals surface area contributed by atoms with Crippen molar-refractivity contribution in [1.82, 2.24) is 10.6 Å². The predicted octanol–water partition coefficient (Wildman–Crippen LogP) is 3.32. The Morgan fingerprint density at radius 1 is 0.700 bits per heavy atom. The predicted molar refractivity (Wildman–Crippen MR) is 145 cm³/mol. The van der Waals surface area contributed by atoms with Crippen molar-refractivity contribution >= 4 is 23.9 Å². The maximum Gasteiger partial charge on any atom is 0.408 e. The first kappa shape index (κ1) is 29.7. The third-order valence-electron chi connectivity index (χ3n) is 5.85. The highest BCUT2D eigenvalue weighted by atomic mass is 16.6. The minimum atomic E-state index is -1.39. The zero-order valence-corrected chi connectivity index (χ0v) is 22.3. The first-order chi connectivity index (χ1) is 19.4. The van der Waals surface area contributed by atoms with E-state index < -0.39 is 42.4 Å². The number of carbonyl (C=O) groups is 4. The van der Waals surface area contributed by atoms with Gasteiger partial charge in [-0.3, -0.25) is 9.59 Å². The number of hydrogen-bond donors (Lipinski definition) is 2. The van der Waals surface area contributed by atoms with Gasteiger partial charge in [0.05, 0.1) is 20.6 Å². The molecule has 0 aliphatic heterocycles. The Balaban J connectivity index is 1.71. The van der Waals surface area contributed by atoms with Crippen LogP contribution >= 0.6 is 0 Å². The lowest BCUT2D eigenvalue weighted by atomic mass is 10.0. The van der Waals surface area contributed by atoms with E-state index in [-0.39, 0.29) is 19.6 Å². The van der Waals surface area contributed by atoms with Gasteiger partial charge in [-0.05, 0) is 22.8 Å². The van der Waals surface area contributed by atoms with E-state index in [2.05, 4.69) is 10.6 Å². The quantitative estimate of drug-likeness (QED) is 0.246. The van der Waals surface area contributed by atoms with Crippen LogP contribution in [0.5, 0.6) is 5.75 Å². The highest BCUT2D eigenvalue weighted by Crippen LogP contribution is 2.19. The topological polar surface area (TPSA) is 129 Å². The smallest absolute Gasteiger partial charge is 0.408 e. The molecule has 3 aromatic carbocycles. The Morgan fingerprint density at radius 3 is 1.88 bits per heavy atom. The van der Waals surface area contributed by atoms with Gasteiger partial charge in [0.25, 0.3) is 0 Å². The summed E-state index contributed by atoms with van der Waals surface area (Å²) >= 11 is 0. The normalized spacial score (nSPS) is 11.8. The third-order valence-corrected chi connectivity index (χ3v) is 5.85. The lowest BCUT2D eigenvalue weighted by Gasteiger charge is -2.22. The van der Waals surface area contributed by atoms with E-state index in [1.54, 1.807) is 72.8 Å². The van der Waals surface area contributed by atoms with Gasteiger partial charge in [-0.1, -0.05) is 78.9 Å². The van der Waals surface area contributed by atoms with Crippen molar-refractivity contribution < 1.29 is 38.1 Å². The minimum Gasteiger partial charge on any atom is -0.496 e. The van der Waals surface area contributed by atoms with E-state index in [1.807, 2.05) is 12.1 Å². The summed E-state index contributed by atoms with van der Waals surface area (Å²) in [5.41, 5.74) is 2.15. The highest BCUT2D eigenvalue weighted by molar-refractivity contribution is 5.92. The monoisotopic (exact) mass is 548 g/mol. The van der Waals surface area contributed by atoms with E-state index in [0.29, 0.717) is 11.3 Å². The average molecular weight is 549 g/mol. The summed E-state index contributed by atoms with van der Waals surface area (Å²) in [5, 5.41) is 4.99. The number of hydrogen-bond acceptors (Lipinski definition) is 8. The van der Waals surface area contributed by atoms with Crippen molar-refractivity contribution in [2.45, 2.75) is 38.1 Å². The second-order valence-electron chi connectivity index (χ2n) is 8.71. The van der Waals surface area contributed by atoms with Crippen LogP contribution in [0.4, 0.5) is 4.79 Å². The molecule has 40 heavy (non-hydrogen) atoms. The summed E-state index contributed by atoms with van der Waals surface area (Å²) < 4.78 is 20.8. The number of methoxy groups -OCH3 is 2. The largest absolute Gasteiger partial charge is 0.496 e. The Hall–Kier alpha value is -4.86. The van der Waals surface area contributed by atoms with Gasteiger partial charge in [0.15, 0.2) is 0 Å². The van der Waals surface area contributed by atoms with Crippen LogP contribution in [-0.2, 0) is 48.2 Å². The van der Waals surface area contributed by atoms with Crippen LogP contribution in [0.1, 0.15) is 23.1 Å². The van der Waals surface area contributed by atoms with Crippen molar-refractivity contribution in [3.8, 4) is 5.75 Å². The van der Waals surface area contributed by atoms with Crippen LogP contribution < -0.4 is 15.4 Å². The summed E-state index contributed by atoms with van der Waals surface area (Å²) in [6, 6.07) is 22.5. The average Bonchev–Trinajstić information content (AvgIpc) is 2.99. The van der Waals surface area contributed by atoms with Crippen molar-refractivity contribution in [2.24, 2.45) is 0 Å². The van der Waals surface area contributed by atoms with E-state index in [4.69, 9.17) is 18.9 Å². The molecule has 0 unspecified atom stereocenters. The second-order valence-corrected chi connectivity index (χ2v) is 8.71. The summed E-state index contributed by atoms with van der Waals surface area (Å²) in [4.78, 5) is 51.1. The zero-order chi connectivity index (χ0) is 28.7. The lowest BCUT2D eigenvalue weighted by molar-refractivity contribution is -0.147. The number of amides is 2. The van der Waals surface area contributed by atoms with Crippen molar-refractivity contribution in [2.75, 3.05) is 14.2 Å². The van der Waals surface area contributed by atoms with Crippen LogP contribution in [0.3, 0.4) is 0 Å². The Labute approximate surface area is 232 Å². The maximum atomic E-state index is 13.3. The van der Waals surface area contributed by atoms with Crippen LogP contribution in [-0.4, -0.2) is 50.2 Å². The first-order valence-electron chi connectivity index (χ1n) is 12.6. The summed E-state index contributed by atoms with van der Waals surface area (Å²) in [5.74, 6) is -1.71. The maximum absolute atomic E-state index is 13.3. The van der Waals surface area contributed by atoms with Crippen LogP contribution in [0, 0.1) is 0 Å². The minimum absolute atomic E-state index is 0.00888. The van der Waals surface area contributed by atoms with Crippen LogP contribution in [0.25, 0.3) is 0 Å². The molecule has 0 radical (unpaired) electrons. The number of alkyl carbamates (subject to hydrolysis) is 1. The van der Waals surface area contributed by atoms with E-state index in [1.165, 1.54) is 14.2 Å². The Kier molecular flexibility index (Phi) is 11.5. The standard InChI is InChI=1S/C30H32N2O8/c1-37-26-16-10-9-15-23(26)17-25(29(35)38-2)31-28(34)24(18-27(33)39-19-21-11-5-3-6-12-21)32-30(36)40-20-22-13-7-4-8-14-22/h3-16,24-25H,17-20H2,1-2H3,(H,31,34)(H,32,36)/t24-,25+/m1/s1. The molecule has 0 saturated carbocycles. The SMILES string of the molecule is COC(=O)[C@H](Cc1ccccc1OC)NC(=O)[C@@H](CC(=O)OCc1ccccc1)NC(=O)OCc1ccccc1. The van der Waals surface area contributed by atoms with Gasteiger partial charge in [0, 0.05) is 6.42 Å². The number of ether oxygens (including phenoxy) is 4. The number of para-hydroxylation sites is 1. The molecule has 210 valence electrons. The molecule has 0 saturated heterocycles. The molecule has 2 atom stereocenters. The molecule has 10 nitrogen and oxygen atoms in total. The summed E-state index contributed by atoms with van der Waals surface area (Å²) in [6.07, 6.45) is -1.37. The molecule has 2 N–H and O–H groups in total. The number of nitrogens with one attached hydrogen (secondary N) is 2. The van der Waals surface area contributed by atoms with Crippen LogP contribution in [0.15, 0.2) is 84.9 Å². The van der Waals surface area contributed by atoms with Gasteiger partial charge >= 0.3 is 18.0 Å². The Bertz CT molecular complexity index is 1210. The summed E-state index contributed by atoms with van der Waals surface area (Å²) in [6.45, 7) is -0.0525. The van der Waals surface area contributed by atoms with E-state index in [0.717, 1.165) is 11.1 Å².